The Morgan fingerprint density at radius 2 is 2.00 bits per heavy atom. The van der Waals surface area contributed by atoms with Crippen molar-refractivity contribution in [3.05, 3.63) is 75.4 Å². The zero-order chi connectivity index (χ0) is 18.3. The first-order valence-corrected chi connectivity index (χ1v) is 9.04. The van der Waals surface area contributed by atoms with Crippen molar-refractivity contribution in [2.75, 3.05) is 11.9 Å². The Kier molecular flexibility index (Phi) is 4.15. The number of nitrogens with one attached hydrogen (secondary N) is 1. The number of hydrogen-bond donors (Lipinski definition) is 1. The molecule has 3 atom stereocenters. The molecular formula is C21H22N2O3. The molecule has 5 nitrogen and oxygen atoms in total. The standard InChI is InChI=1S/C21H22N2O3/c1-3-26-15-10-8-14(9-11-15)21-17-6-4-5-16(17)19-18(23(24)25)12-7-13(2)20(19)22-21/h4-5,7-12,16-17,21-22H,3,6H2,1-2H3. The van der Waals surface area contributed by atoms with E-state index in [1.165, 1.54) is 5.56 Å². The largest absolute Gasteiger partial charge is 0.494 e. The predicted molar refractivity (Wildman–Crippen MR) is 102 cm³/mol. The van der Waals surface area contributed by atoms with Crippen LogP contribution in [0.3, 0.4) is 0 Å². The first-order valence-electron chi connectivity index (χ1n) is 9.04. The Morgan fingerprint density at radius 1 is 1.23 bits per heavy atom. The Morgan fingerprint density at radius 3 is 2.69 bits per heavy atom. The van der Waals surface area contributed by atoms with Gasteiger partial charge in [-0.15, -0.1) is 0 Å². The molecular weight excluding hydrogens is 328 g/mol. The second-order valence-electron chi connectivity index (χ2n) is 6.92. The molecule has 0 bridgehead atoms. The van der Waals surface area contributed by atoms with Crippen LogP contribution in [0.15, 0.2) is 48.6 Å². The summed E-state index contributed by atoms with van der Waals surface area (Å²) in [6, 6.07) is 11.8. The lowest BCUT2D eigenvalue weighted by Gasteiger charge is -2.38. The molecule has 134 valence electrons. The van der Waals surface area contributed by atoms with Crippen LogP contribution in [-0.4, -0.2) is 11.5 Å². The third kappa shape index (κ3) is 2.64. The summed E-state index contributed by atoms with van der Waals surface area (Å²) >= 11 is 0. The van der Waals surface area contributed by atoms with Gasteiger partial charge in [-0.1, -0.05) is 30.4 Å². The summed E-state index contributed by atoms with van der Waals surface area (Å²) < 4.78 is 5.54. The van der Waals surface area contributed by atoms with Crippen LogP contribution in [0.2, 0.25) is 0 Å². The van der Waals surface area contributed by atoms with Gasteiger partial charge in [0.25, 0.3) is 5.69 Å². The highest BCUT2D eigenvalue weighted by atomic mass is 16.6. The maximum atomic E-state index is 11.6. The number of allylic oxidation sites excluding steroid dienone is 2. The van der Waals surface area contributed by atoms with Crippen LogP contribution >= 0.6 is 0 Å². The second-order valence-corrected chi connectivity index (χ2v) is 6.92. The molecule has 5 heteroatoms. The van der Waals surface area contributed by atoms with E-state index in [4.69, 9.17) is 4.74 Å². The highest BCUT2D eigenvalue weighted by Gasteiger charge is 2.42. The van der Waals surface area contributed by atoms with Gasteiger partial charge in [0, 0.05) is 17.7 Å². The number of hydrogen-bond acceptors (Lipinski definition) is 4. The number of nitrogens with zero attached hydrogens (tertiary/aromatic N) is 1. The molecule has 1 aliphatic heterocycles. The van der Waals surface area contributed by atoms with Gasteiger partial charge in [0.1, 0.15) is 5.75 Å². The minimum atomic E-state index is -0.264. The Balaban J connectivity index is 1.77. The number of rotatable bonds is 4. The van der Waals surface area contributed by atoms with Gasteiger partial charge in [-0.2, -0.15) is 0 Å². The van der Waals surface area contributed by atoms with E-state index >= 15 is 0 Å². The number of nitro groups is 1. The zero-order valence-electron chi connectivity index (χ0n) is 14.9. The van der Waals surface area contributed by atoms with Crippen molar-refractivity contribution in [3.63, 3.8) is 0 Å². The molecule has 1 aliphatic carbocycles. The molecule has 1 N–H and O–H groups in total. The molecule has 0 aromatic heterocycles. The SMILES string of the molecule is CCOc1ccc(C2Nc3c(C)ccc([N+](=O)[O-])c3C3C=CCC32)cc1. The second kappa shape index (κ2) is 6.48. The van der Waals surface area contributed by atoms with Gasteiger partial charge in [-0.3, -0.25) is 10.1 Å². The first-order chi connectivity index (χ1) is 12.6. The molecule has 0 saturated heterocycles. The summed E-state index contributed by atoms with van der Waals surface area (Å²) in [4.78, 5) is 11.3. The van der Waals surface area contributed by atoms with E-state index in [0.29, 0.717) is 6.61 Å². The predicted octanol–water partition coefficient (Wildman–Crippen LogP) is 5.13. The summed E-state index contributed by atoms with van der Waals surface area (Å²) in [6.45, 7) is 4.62. The van der Waals surface area contributed by atoms with Gasteiger partial charge in [0.15, 0.2) is 0 Å². The van der Waals surface area contributed by atoms with E-state index in [-0.39, 0.29) is 28.5 Å². The Hall–Kier alpha value is -2.82. The molecule has 0 amide bonds. The normalized spacial score (nSPS) is 23.1. The lowest BCUT2D eigenvalue weighted by Crippen LogP contribution is -2.30. The van der Waals surface area contributed by atoms with Crippen molar-refractivity contribution in [2.45, 2.75) is 32.2 Å². The molecule has 0 radical (unpaired) electrons. The van der Waals surface area contributed by atoms with Crippen molar-refractivity contribution in [2.24, 2.45) is 5.92 Å². The summed E-state index contributed by atoms with van der Waals surface area (Å²) in [5.74, 6) is 1.21. The quantitative estimate of drug-likeness (QED) is 0.472. The fourth-order valence-corrected chi connectivity index (χ4v) is 4.26. The summed E-state index contributed by atoms with van der Waals surface area (Å²) in [7, 11) is 0. The van der Waals surface area contributed by atoms with Gasteiger partial charge in [0.2, 0.25) is 0 Å². The van der Waals surface area contributed by atoms with E-state index in [1.807, 2.05) is 32.0 Å². The number of fused-ring (bicyclic) bond motifs is 3. The van der Waals surface area contributed by atoms with Crippen LogP contribution in [0.5, 0.6) is 5.75 Å². The topological polar surface area (TPSA) is 64.4 Å². The van der Waals surface area contributed by atoms with Crippen LogP contribution in [0.25, 0.3) is 0 Å². The van der Waals surface area contributed by atoms with Crippen LogP contribution in [0.1, 0.15) is 42.0 Å². The number of nitro benzene ring substituents is 1. The lowest BCUT2D eigenvalue weighted by molar-refractivity contribution is -0.385. The van der Waals surface area contributed by atoms with E-state index in [2.05, 4.69) is 29.6 Å². The summed E-state index contributed by atoms with van der Waals surface area (Å²) in [6.07, 6.45) is 5.21. The Bertz CT molecular complexity index is 874. The number of benzene rings is 2. The third-order valence-corrected chi connectivity index (χ3v) is 5.45. The average molecular weight is 350 g/mol. The van der Waals surface area contributed by atoms with Crippen molar-refractivity contribution in [1.82, 2.24) is 0 Å². The van der Waals surface area contributed by atoms with Gasteiger partial charge in [-0.25, -0.2) is 0 Å². The Labute approximate surface area is 152 Å². The highest BCUT2D eigenvalue weighted by Crippen LogP contribution is 2.53. The first kappa shape index (κ1) is 16.6. The molecule has 0 saturated carbocycles. The minimum Gasteiger partial charge on any atom is -0.494 e. The van der Waals surface area contributed by atoms with Crippen molar-refractivity contribution in [3.8, 4) is 5.75 Å². The smallest absolute Gasteiger partial charge is 0.275 e. The van der Waals surface area contributed by atoms with Crippen LogP contribution in [0, 0.1) is 23.0 Å². The van der Waals surface area contributed by atoms with Crippen molar-refractivity contribution in [1.29, 1.82) is 0 Å². The average Bonchev–Trinajstić information content (AvgIpc) is 3.12. The highest BCUT2D eigenvalue weighted by molar-refractivity contribution is 5.70. The third-order valence-electron chi connectivity index (χ3n) is 5.45. The van der Waals surface area contributed by atoms with Crippen molar-refractivity contribution >= 4 is 11.4 Å². The molecule has 2 aromatic rings. The monoisotopic (exact) mass is 350 g/mol. The fourth-order valence-electron chi connectivity index (χ4n) is 4.26. The minimum absolute atomic E-state index is 0.0723. The fraction of sp³-hybridized carbons (Fsp3) is 0.333. The van der Waals surface area contributed by atoms with E-state index in [9.17, 15) is 10.1 Å². The number of anilines is 1. The van der Waals surface area contributed by atoms with Crippen molar-refractivity contribution < 1.29 is 9.66 Å². The number of ether oxygens (including phenoxy) is 1. The molecule has 4 rings (SSSR count). The van der Waals surface area contributed by atoms with Gasteiger partial charge in [-0.05, 0) is 49.4 Å². The summed E-state index contributed by atoms with van der Waals surface area (Å²) in [5, 5.41) is 15.2. The maximum absolute atomic E-state index is 11.6. The molecule has 2 aliphatic rings. The molecule has 26 heavy (non-hydrogen) atoms. The molecule has 0 fully saturated rings. The lowest BCUT2D eigenvalue weighted by atomic mass is 9.75. The van der Waals surface area contributed by atoms with E-state index in [1.54, 1.807) is 6.07 Å². The molecule has 2 aromatic carbocycles. The molecule has 0 spiro atoms. The molecule has 3 unspecified atom stereocenters. The van der Waals surface area contributed by atoms with Crippen LogP contribution < -0.4 is 10.1 Å². The zero-order valence-corrected chi connectivity index (χ0v) is 14.9. The molecule has 1 heterocycles. The van der Waals surface area contributed by atoms with E-state index < -0.39 is 0 Å². The van der Waals surface area contributed by atoms with Gasteiger partial charge in [0.05, 0.1) is 23.1 Å². The van der Waals surface area contributed by atoms with E-state index in [0.717, 1.165) is 29.0 Å². The maximum Gasteiger partial charge on any atom is 0.275 e. The summed E-state index contributed by atoms with van der Waals surface area (Å²) in [5.41, 5.74) is 4.18. The van der Waals surface area contributed by atoms with Crippen LogP contribution in [0.4, 0.5) is 11.4 Å². The number of aryl methyl sites for hydroxylation is 1. The van der Waals surface area contributed by atoms with Gasteiger partial charge >= 0.3 is 0 Å². The van der Waals surface area contributed by atoms with Gasteiger partial charge < -0.3 is 10.1 Å². The van der Waals surface area contributed by atoms with Crippen LogP contribution in [-0.2, 0) is 0 Å².